The van der Waals surface area contributed by atoms with Crippen LogP contribution in [0.1, 0.15) is 53.4 Å². The smallest absolute Gasteiger partial charge is 0.366 e. The van der Waals surface area contributed by atoms with Crippen molar-refractivity contribution in [3.63, 3.8) is 0 Å². The van der Waals surface area contributed by atoms with Crippen LogP contribution in [-0.2, 0) is 13.6 Å². The number of hydrogen-bond donors (Lipinski definition) is 0. The molecule has 0 fully saturated rings. The van der Waals surface area contributed by atoms with Gasteiger partial charge in [-0.05, 0) is 12.8 Å². The predicted octanol–water partition coefficient (Wildman–Crippen LogP) is 4.34. The standard InChI is InChI=1S/C14H31N2O3P/c1-7-9-11-18-20(17,19-12-10-8-2)15-14(13(3)4)16(5)6/h13H,7-12H2,1-6H3/b15-14-. The molecular weight excluding hydrogens is 275 g/mol. The minimum Gasteiger partial charge on any atom is -0.366 e. The van der Waals surface area contributed by atoms with Gasteiger partial charge in [-0.25, -0.2) is 4.57 Å². The fourth-order valence-corrected chi connectivity index (χ4v) is 3.16. The minimum absolute atomic E-state index is 0.169. The van der Waals surface area contributed by atoms with E-state index >= 15 is 0 Å². The van der Waals surface area contributed by atoms with E-state index in [1.165, 1.54) is 0 Å². The SMILES string of the molecule is CCCCOP(=O)(/N=C(/C(C)C)N(C)C)OCCCC. The van der Waals surface area contributed by atoms with Gasteiger partial charge in [-0.2, -0.15) is 4.76 Å². The maximum Gasteiger partial charge on any atom is 0.455 e. The van der Waals surface area contributed by atoms with Crippen LogP contribution in [-0.4, -0.2) is 38.0 Å². The Balaban J connectivity index is 4.97. The third kappa shape index (κ3) is 8.03. The largest absolute Gasteiger partial charge is 0.455 e. The van der Waals surface area contributed by atoms with Crippen LogP contribution in [0.5, 0.6) is 0 Å². The summed E-state index contributed by atoms with van der Waals surface area (Å²) < 4.78 is 28.0. The molecule has 0 aliphatic carbocycles. The fourth-order valence-electron chi connectivity index (χ4n) is 1.59. The summed E-state index contributed by atoms with van der Waals surface area (Å²) in [5.74, 6) is 0.907. The molecule has 0 aromatic heterocycles. The van der Waals surface area contributed by atoms with Gasteiger partial charge in [-0.1, -0.05) is 40.5 Å². The van der Waals surface area contributed by atoms with Crippen molar-refractivity contribution >= 4 is 13.6 Å². The first kappa shape index (κ1) is 19.6. The Kier molecular flexibility index (Phi) is 10.2. The molecule has 0 bridgehead atoms. The zero-order chi connectivity index (χ0) is 15.6. The first-order chi connectivity index (χ1) is 9.36. The molecule has 0 N–H and O–H groups in total. The van der Waals surface area contributed by atoms with Crippen molar-refractivity contribution in [2.24, 2.45) is 10.7 Å². The molecule has 0 aliphatic heterocycles. The second kappa shape index (κ2) is 10.4. The molecule has 6 heteroatoms. The molecule has 0 saturated carbocycles. The van der Waals surface area contributed by atoms with Gasteiger partial charge in [0.1, 0.15) is 5.84 Å². The number of nitrogens with zero attached hydrogens (tertiary/aromatic N) is 2. The van der Waals surface area contributed by atoms with Crippen LogP contribution in [0.15, 0.2) is 4.76 Å². The fraction of sp³-hybridized carbons (Fsp3) is 0.929. The number of unbranched alkanes of at least 4 members (excludes halogenated alkanes) is 2. The van der Waals surface area contributed by atoms with Crippen LogP contribution in [0.4, 0.5) is 0 Å². The lowest BCUT2D eigenvalue weighted by Gasteiger charge is -2.22. The Labute approximate surface area is 124 Å². The van der Waals surface area contributed by atoms with E-state index in [9.17, 15) is 4.57 Å². The first-order valence-corrected chi connectivity index (χ1v) is 9.02. The van der Waals surface area contributed by atoms with Crippen LogP contribution in [0.25, 0.3) is 0 Å². The summed E-state index contributed by atoms with van der Waals surface area (Å²) in [7, 11) is 0.384. The average molecular weight is 306 g/mol. The zero-order valence-electron chi connectivity index (χ0n) is 13.9. The summed E-state index contributed by atoms with van der Waals surface area (Å²) in [6, 6.07) is 0. The molecule has 0 spiro atoms. The molecule has 0 heterocycles. The van der Waals surface area contributed by atoms with Crippen molar-refractivity contribution in [3.8, 4) is 0 Å². The van der Waals surface area contributed by atoms with E-state index in [0.717, 1.165) is 31.5 Å². The first-order valence-electron chi connectivity index (χ1n) is 7.52. The van der Waals surface area contributed by atoms with E-state index in [1.807, 2.05) is 32.8 Å². The lowest BCUT2D eigenvalue weighted by Crippen LogP contribution is -2.27. The second-order valence-corrected chi connectivity index (χ2v) is 7.00. The molecular formula is C14H31N2O3P. The molecule has 0 amide bonds. The number of amidine groups is 1. The van der Waals surface area contributed by atoms with Crippen molar-refractivity contribution < 1.29 is 13.6 Å². The van der Waals surface area contributed by atoms with Crippen molar-refractivity contribution in [1.29, 1.82) is 0 Å². The van der Waals surface area contributed by atoms with E-state index in [2.05, 4.69) is 18.6 Å². The highest BCUT2D eigenvalue weighted by Crippen LogP contribution is 2.50. The Bertz CT molecular complexity index is 306. The Hall–Kier alpha value is -0.380. The van der Waals surface area contributed by atoms with E-state index in [1.54, 1.807) is 0 Å². The van der Waals surface area contributed by atoms with Crippen LogP contribution in [0.2, 0.25) is 0 Å². The normalized spacial score (nSPS) is 13.1. The highest BCUT2D eigenvalue weighted by Gasteiger charge is 2.26. The minimum atomic E-state index is -3.40. The predicted molar refractivity (Wildman–Crippen MR) is 85.3 cm³/mol. The molecule has 0 aromatic rings. The van der Waals surface area contributed by atoms with Crippen LogP contribution in [0, 0.1) is 5.92 Å². The monoisotopic (exact) mass is 306 g/mol. The van der Waals surface area contributed by atoms with E-state index in [-0.39, 0.29) is 5.92 Å². The number of rotatable bonds is 10. The van der Waals surface area contributed by atoms with Crippen molar-refractivity contribution in [3.05, 3.63) is 0 Å². The van der Waals surface area contributed by atoms with Gasteiger partial charge in [-0.3, -0.25) is 9.05 Å². The summed E-state index contributed by atoms with van der Waals surface area (Å²) >= 11 is 0. The molecule has 0 unspecified atom stereocenters. The highest BCUT2D eigenvalue weighted by atomic mass is 31.2. The van der Waals surface area contributed by atoms with Gasteiger partial charge in [0.05, 0.1) is 13.2 Å². The number of hydrogen-bond acceptors (Lipinski definition) is 3. The maximum atomic E-state index is 12.7. The Morgan fingerprint density at radius 2 is 1.55 bits per heavy atom. The topological polar surface area (TPSA) is 51.1 Å². The molecule has 0 rings (SSSR count). The molecule has 0 saturated heterocycles. The third-order valence-corrected chi connectivity index (χ3v) is 4.17. The highest BCUT2D eigenvalue weighted by molar-refractivity contribution is 7.52. The van der Waals surface area contributed by atoms with Gasteiger partial charge >= 0.3 is 7.75 Å². The van der Waals surface area contributed by atoms with Gasteiger partial charge in [0.15, 0.2) is 0 Å². The summed E-state index contributed by atoms with van der Waals surface area (Å²) in [5.41, 5.74) is 0. The molecule has 0 aliphatic rings. The summed E-state index contributed by atoms with van der Waals surface area (Å²) in [6.45, 7) is 9.00. The van der Waals surface area contributed by atoms with Crippen LogP contribution >= 0.6 is 7.75 Å². The quantitative estimate of drug-likeness (QED) is 0.261. The van der Waals surface area contributed by atoms with E-state index in [4.69, 9.17) is 9.05 Å². The maximum absolute atomic E-state index is 12.7. The molecule has 120 valence electrons. The third-order valence-electron chi connectivity index (χ3n) is 2.70. The molecule has 0 atom stereocenters. The summed E-state index contributed by atoms with van der Waals surface area (Å²) in [6.07, 6.45) is 3.69. The van der Waals surface area contributed by atoms with Gasteiger partial charge in [0.25, 0.3) is 0 Å². The van der Waals surface area contributed by atoms with E-state index < -0.39 is 7.75 Å². The summed E-state index contributed by atoms with van der Waals surface area (Å²) in [4.78, 5) is 1.86. The van der Waals surface area contributed by atoms with Crippen molar-refractivity contribution in [2.75, 3.05) is 27.3 Å². The lowest BCUT2D eigenvalue weighted by molar-refractivity contribution is 0.200. The second-order valence-electron chi connectivity index (χ2n) is 5.35. The summed E-state index contributed by atoms with van der Waals surface area (Å²) in [5, 5.41) is 0. The lowest BCUT2D eigenvalue weighted by atomic mass is 10.2. The van der Waals surface area contributed by atoms with Crippen molar-refractivity contribution in [1.82, 2.24) is 4.90 Å². The molecule has 20 heavy (non-hydrogen) atoms. The average Bonchev–Trinajstić information content (AvgIpc) is 2.36. The molecule has 0 aromatic carbocycles. The van der Waals surface area contributed by atoms with Gasteiger partial charge in [-0.15, -0.1) is 0 Å². The van der Waals surface area contributed by atoms with Gasteiger partial charge in [0, 0.05) is 20.0 Å². The van der Waals surface area contributed by atoms with Crippen LogP contribution < -0.4 is 0 Å². The van der Waals surface area contributed by atoms with Gasteiger partial charge < -0.3 is 4.90 Å². The van der Waals surface area contributed by atoms with Crippen molar-refractivity contribution in [2.45, 2.75) is 53.4 Å². The van der Waals surface area contributed by atoms with E-state index in [0.29, 0.717) is 13.2 Å². The molecule has 0 radical (unpaired) electrons. The van der Waals surface area contributed by atoms with Gasteiger partial charge in [0.2, 0.25) is 0 Å². The van der Waals surface area contributed by atoms with Crippen LogP contribution in [0.3, 0.4) is 0 Å². The Morgan fingerprint density at radius 1 is 1.10 bits per heavy atom. The Morgan fingerprint density at radius 3 is 1.85 bits per heavy atom. The zero-order valence-corrected chi connectivity index (χ0v) is 14.8. The molecule has 5 nitrogen and oxygen atoms in total.